The summed E-state index contributed by atoms with van der Waals surface area (Å²) in [6.45, 7) is 1.71. The fourth-order valence-corrected chi connectivity index (χ4v) is 2.65. The molecule has 0 aliphatic heterocycles. The first kappa shape index (κ1) is 13.0. The van der Waals surface area contributed by atoms with Crippen LogP contribution in [0, 0.1) is 0 Å². The van der Waals surface area contributed by atoms with E-state index in [4.69, 9.17) is 0 Å². The Hall–Kier alpha value is -1.40. The summed E-state index contributed by atoms with van der Waals surface area (Å²) in [5.74, 6) is 0.696. The number of imidazole rings is 1. The van der Waals surface area contributed by atoms with Gasteiger partial charge in [0, 0.05) is 12.7 Å². The summed E-state index contributed by atoms with van der Waals surface area (Å²) in [5, 5.41) is 9.23. The second-order valence-electron chi connectivity index (χ2n) is 4.50. The summed E-state index contributed by atoms with van der Waals surface area (Å²) in [6, 6.07) is 5.04. The molecule has 0 saturated heterocycles. The van der Waals surface area contributed by atoms with Crippen molar-refractivity contribution in [2.45, 2.75) is 30.8 Å². The number of aliphatic hydroxyl groups excluding tert-OH is 1. The lowest BCUT2D eigenvalue weighted by atomic mass is 10.2. The fourth-order valence-electron chi connectivity index (χ4n) is 1.82. The van der Waals surface area contributed by atoms with Crippen LogP contribution in [0.15, 0.2) is 23.1 Å². The number of benzene rings is 1. The highest BCUT2D eigenvalue weighted by atomic mass is 32.2. The Labute approximate surface area is 106 Å². The molecule has 18 heavy (non-hydrogen) atoms. The number of H-pyrrole nitrogens is 1. The lowest BCUT2D eigenvalue weighted by Gasteiger charge is -1.99. The van der Waals surface area contributed by atoms with Crippen LogP contribution in [0.3, 0.4) is 0 Å². The predicted octanol–water partition coefficient (Wildman–Crippen LogP) is 1.28. The third kappa shape index (κ3) is 2.70. The Morgan fingerprint density at radius 3 is 2.78 bits per heavy atom. The Kier molecular flexibility index (Phi) is 3.41. The van der Waals surface area contributed by atoms with Crippen molar-refractivity contribution in [3.63, 3.8) is 0 Å². The van der Waals surface area contributed by atoms with Crippen LogP contribution in [0.25, 0.3) is 11.0 Å². The van der Waals surface area contributed by atoms with Crippen molar-refractivity contribution in [2.75, 3.05) is 6.26 Å². The lowest BCUT2D eigenvalue weighted by molar-refractivity contribution is 0.184. The first-order valence-corrected chi connectivity index (χ1v) is 7.63. The molecule has 2 aromatic rings. The fraction of sp³-hybridized carbons (Fsp3) is 0.417. The molecule has 1 aromatic heterocycles. The number of aromatic nitrogens is 2. The summed E-state index contributed by atoms with van der Waals surface area (Å²) in [4.78, 5) is 7.62. The highest BCUT2D eigenvalue weighted by Gasteiger charge is 2.15. The van der Waals surface area contributed by atoms with Crippen LogP contribution in [-0.2, 0) is 16.3 Å². The molecule has 98 valence electrons. The number of nitrogens with one attached hydrogen (secondary N) is 1. The second kappa shape index (κ2) is 4.70. The number of aromatic amines is 1. The minimum atomic E-state index is -3.28. The van der Waals surface area contributed by atoms with E-state index in [1.807, 2.05) is 0 Å². The van der Waals surface area contributed by atoms with Gasteiger partial charge in [0.1, 0.15) is 11.3 Å². The highest BCUT2D eigenvalue weighted by Crippen LogP contribution is 2.21. The summed E-state index contributed by atoms with van der Waals surface area (Å²) in [5.41, 5.74) is 1.18. The van der Waals surface area contributed by atoms with Crippen LogP contribution in [0.5, 0.6) is 0 Å². The van der Waals surface area contributed by atoms with E-state index in [1.54, 1.807) is 25.1 Å². The number of aliphatic hydroxyl groups is 1. The van der Waals surface area contributed by atoms with E-state index in [0.29, 0.717) is 29.7 Å². The van der Waals surface area contributed by atoms with E-state index in [2.05, 4.69) is 9.97 Å². The van der Waals surface area contributed by atoms with Crippen LogP contribution < -0.4 is 0 Å². The maximum Gasteiger partial charge on any atom is 0.177 e. The average molecular weight is 268 g/mol. The molecule has 0 saturated carbocycles. The Bertz CT molecular complexity index is 659. The minimum absolute atomic E-state index is 0.236. The van der Waals surface area contributed by atoms with Gasteiger partial charge in [0.25, 0.3) is 0 Å². The molecule has 0 amide bonds. The van der Waals surface area contributed by atoms with Gasteiger partial charge < -0.3 is 10.1 Å². The number of hydrogen-bond donors (Lipinski definition) is 2. The maximum atomic E-state index is 11.6. The topological polar surface area (TPSA) is 83.1 Å². The summed E-state index contributed by atoms with van der Waals surface area (Å²) >= 11 is 0. The van der Waals surface area contributed by atoms with E-state index in [9.17, 15) is 13.5 Å². The van der Waals surface area contributed by atoms with Crippen molar-refractivity contribution in [2.24, 2.45) is 0 Å². The molecular weight excluding hydrogens is 252 g/mol. The molecule has 0 aliphatic carbocycles. The number of rotatable bonds is 4. The smallest absolute Gasteiger partial charge is 0.177 e. The number of hydrogen-bond acceptors (Lipinski definition) is 4. The van der Waals surface area contributed by atoms with Crippen LogP contribution >= 0.6 is 0 Å². The molecule has 0 aliphatic rings. The van der Waals surface area contributed by atoms with Gasteiger partial charge in [0.05, 0.1) is 16.5 Å². The maximum absolute atomic E-state index is 11.6. The van der Waals surface area contributed by atoms with Gasteiger partial charge in [-0.2, -0.15) is 0 Å². The second-order valence-corrected chi connectivity index (χ2v) is 6.48. The third-order valence-corrected chi connectivity index (χ3v) is 3.85. The monoisotopic (exact) mass is 268 g/mol. The summed E-state index contributed by atoms with van der Waals surface area (Å²) < 4.78 is 23.3. The van der Waals surface area contributed by atoms with E-state index in [1.165, 1.54) is 6.26 Å². The van der Waals surface area contributed by atoms with Gasteiger partial charge in [-0.15, -0.1) is 0 Å². The molecule has 5 nitrogen and oxygen atoms in total. The van der Waals surface area contributed by atoms with Crippen molar-refractivity contribution < 1.29 is 13.5 Å². The van der Waals surface area contributed by atoms with Gasteiger partial charge in [0.15, 0.2) is 9.84 Å². The summed E-state index contributed by atoms with van der Waals surface area (Å²) in [6.07, 6.45) is 1.96. The van der Waals surface area contributed by atoms with Gasteiger partial charge in [-0.1, -0.05) is 6.07 Å². The van der Waals surface area contributed by atoms with Crippen molar-refractivity contribution in [3.8, 4) is 0 Å². The molecule has 0 fully saturated rings. The first-order chi connectivity index (χ1) is 8.38. The Balaban J connectivity index is 2.45. The van der Waals surface area contributed by atoms with Gasteiger partial charge in [-0.25, -0.2) is 13.4 Å². The SMILES string of the molecule is CC(O)CCc1nc2c(S(C)(=O)=O)cccc2[nH]1. The molecule has 1 heterocycles. The molecule has 0 bridgehead atoms. The van der Waals surface area contributed by atoms with Crippen LogP contribution in [0.2, 0.25) is 0 Å². The first-order valence-electron chi connectivity index (χ1n) is 5.73. The molecule has 6 heteroatoms. The molecule has 1 atom stereocenters. The van der Waals surface area contributed by atoms with Crippen molar-refractivity contribution in [1.82, 2.24) is 9.97 Å². The van der Waals surface area contributed by atoms with E-state index >= 15 is 0 Å². The van der Waals surface area contributed by atoms with E-state index in [0.717, 1.165) is 0 Å². The Morgan fingerprint density at radius 1 is 1.44 bits per heavy atom. The normalized spacial score (nSPS) is 13.9. The third-order valence-electron chi connectivity index (χ3n) is 2.72. The molecule has 2 N–H and O–H groups in total. The molecule has 0 spiro atoms. The number of aryl methyl sites for hydroxylation is 1. The molecule has 2 rings (SSSR count). The van der Waals surface area contributed by atoms with Gasteiger partial charge >= 0.3 is 0 Å². The molecule has 0 radical (unpaired) electrons. The average Bonchev–Trinajstić information content (AvgIpc) is 2.66. The van der Waals surface area contributed by atoms with Crippen LogP contribution in [0.1, 0.15) is 19.2 Å². The molecule has 1 unspecified atom stereocenters. The number of fused-ring (bicyclic) bond motifs is 1. The molecule has 1 aromatic carbocycles. The van der Waals surface area contributed by atoms with Gasteiger partial charge in [-0.05, 0) is 25.5 Å². The highest BCUT2D eigenvalue weighted by molar-refractivity contribution is 7.91. The zero-order chi connectivity index (χ0) is 13.3. The van der Waals surface area contributed by atoms with Crippen LogP contribution in [0.4, 0.5) is 0 Å². The van der Waals surface area contributed by atoms with Crippen molar-refractivity contribution in [1.29, 1.82) is 0 Å². The predicted molar refractivity (Wildman–Crippen MR) is 69.2 cm³/mol. The van der Waals surface area contributed by atoms with E-state index < -0.39 is 15.9 Å². The number of nitrogens with zero attached hydrogens (tertiary/aromatic N) is 1. The zero-order valence-corrected chi connectivity index (χ0v) is 11.2. The number of para-hydroxylation sites is 1. The van der Waals surface area contributed by atoms with Crippen LogP contribution in [-0.4, -0.2) is 35.9 Å². The number of sulfone groups is 1. The van der Waals surface area contributed by atoms with Crippen molar-refractivity contribution in [3.05, 3.63) is 24.0 Å². The zero-order valence-electron chi connectivity index (χ0n) is 10.3. The van der Waals surface area contributed by atoms with Crippen molar-refractivity contribution >= 4 is 20.9 Å². The lowest BCUT2D eigenvalue weighted by Crippen LogP contribution is -2.02. The quantitative estimate of drug-likeness (QED) is 0.875. The molecular formula is C12H16N2O3S. The largest absolute Gasteiger partial charge is 0.393 e. The standard InChI is InChI=1S/C12H16N2O3S/c1-8(15)6-7-11-13-9-4-3-5-10(12(9)14-11)18(2,16)17/h3-5,8,15H,6-7H2,1-2H3,(H,13,14). The summed E-state index contributed by atoms with van der Waals surface area (Å²) in [7, 11) is -3.28. The minimum Gasteiger partial charge on any atom is -0.393 e. The van der Waals surface area contributed by atoms with Gasteiger partial charge in [0.2, 0.25) is 0 Å². The van der Waals surface area contributed by atoms with E-state index in [-0.39, 0.29) is 4.90 Å². The van der Waals surface area contributed by atoms with Gasteiger partial charge in [-0.3, -0.25) is 0 Å². The Morgan fingerprint density at radius 2 is 2.17 bits per heavy atom.